The van der Waals surface area contributed by atoms with E-state index in [2.05, 4.69) is 25.8 Å². The summed E-state index contributed by atoms with van der Waals surface area (Å²) in [7, 11) is 0. The van der Waals surface area contributed by atoms with Crippen LogP contribution in [0.3, 0.4) is 0 Å². The number of fused-ring (bicyclic) bond motifs is 1. The van der Waals surface area contributed by atoms with Gasteiger partial charge in [0.25, 0.3) is 0 Å². The van der Waals surface area contributed by atoms with Crippen molar-refractivity contribution < 1.29 is 8.78 Å². The summed E-state index contributed by atoms with van der Waals surface area (Å²) in [6, 6.07) is 5.32. The molecule has 0 saturated heterocycles. The molecule has 1 aromatic heterocycles. The molecule has 5 heteroatoms. The highest BCUT2D eigenvalue weighted by Gasteiger charge is 2.33. The molecule has 1 aliphatic carbocycles. The van der Waals surface area contributed by atoms with Crippen LogP contribution in [0.25, 0.3) is 11.1 Å². The van der Waals surface area contributed by atoms with Crippen LogP contribution in [0, 0.1) is 34.3 Å². The minimum Gasteiger partial charge on any atom is -0.383 e. The third-order valence-electron chi connectivity index (χ3n) is 5.13. The Hall–Kier alpha value is -2.48. The Morgan fingerprint density at radius 2 is 2.00 bits per heavy atom. The number of aromatic nitrogens is 1. The number of rotatable bonds is 1. The normalized spacial score (nSPS) is 17.0. The average molecular weight is 341 g/mol. The lowest BCUT2D eigenvalue weighted by atomic mass is 9.70. The first kappa shape index (κ1) is 17.3. The Kier molecular flexibility index (Phi) is 4.24. The first-order chi connectivity index (χ1) is 11.7. The molecule has 0 radical (unpaired) electrons. The van der Waals surface area contributed by atoms with Gasteiger partial charge in [-0.1, -0.05) is 20.8 Å². The van der Waals surface area contributed by atoms with Crippen molar-refractivity contribution in [3.05, 3.63) is 46.7 Å². The molecule has 1 heterocycles. The predicted molar refractivity (Wildman–Crippen MR) is 93.7 cm³/mol. The largest absolute Gasteiger partial charge is 0.383 e. The summed E-state index contributed by atoms with van der Waals surface area (Å²) in [5, 5.41) is 9.56. The number of nitrogen functional groups attached to an aromatic ring is 1. The molecule has 0 aliphatic heterocycles. The number of nitriles is 1. The van der Waals surface area contributed by atoms with Crippen LogP contribution < -0.4 is 5.73 Å². The van der Waals surface area contributed by atoms with Gasteiger partial charge >= 0.3 is 0 Å². The number of hydrogen-bond donors (Lipinski definition) is 1. The molecule has 2 aromatic rings. The molecule has 3 rings (SSSR count). The highest BCUT2D eigenvalue weighted by molar-refractivity contribution is 5.79. The molecule has 1 aliphatic rings. The number of pyridine rings is 1. The van der Waals surface area contributed by atoms with Crippen LogP contribution in [0.1, 0.15) is 44.0 Å². The molecule has 0 saturated carbocycles. The summed E-state index contributed by atoms with van der Waals surface area (Å²) in [5.41, 5.74) is 8.24. The molecule has 3 nitrogen and oxygen atoms in total. The standard InChI is InChI=1S/C20H21F2N3/c1-20(2,3)11-4-7-17-14(8-11)18(15(10-23)19(24)25-17)13-9-12(21)5-6-16(13)22/h5-6,9,11H,4,7-8H2,1-3H3,(H2,24,25). The number of nitrogens with two attached hydrogens (primary N) is 1. The van der Waals surface area contributed by atoms with Crippen LogP contribution in [-0.2, 0) is 12.8 Å². The topological polar surface area (TPSA) is 62.7 Å². The van der Waals surface area contributed by atoms with Gasteiger partial charge in [-0.15, -0.1) is 0 Å². The molecule has 0 amide bonds. The maximum absolute atomic E-state index is 14.5. The van der Waals surface area contributed by atoms with Gasteiger partial charge in [0, 0.05) is 16.8 Å². The molecular weight excluding hydrogens is 320 g/mol. The van der Waals surface area contributed by atoms with Crippen molar-refractivity contribution in [2.75, 3.05) is 5.73 Å². The van der Waals surface area contributed by atoms with Gasteiger partial charge in [-0.25, -0.2) is 13.8 Å². The van der Waals surface area contributed by atoms with Crippen molar-refractivity contribution in [2.24, 2.45) is 11.3 Å². The van der Waals surface area contributed by atoms with Crippen molar-refractivity contribution in [3.63, 3.8) is 0 Å². The minimum atomic E-state index is -0.566. The van der Waals surface area contributed by atoms with E-state index in [1.54, 1.807) is 0 Å². The van der Waals surface area contributed by atoms with Gasteiger partial charge in [-0.3, -0.25) is 0 Å². The zero-order chi connectivity index (χ0) is 18.4. The fourth-order valence-electron chi connectivity index (χ4n) is 3.62. The zero-order valence-corrected chi connectivity index (χ0v) is 14.7. The predicted octanol–water partition coefficient (Wildman–Crippen LogP) is 4.63. The third-order valence-corrected chi connectivity index (χ3v) is 5.13. The number of nitrogens with zero attached hydrogens (tertiary/aromatic N) is 2. The first-order valence-electron chi connectivity index (χ1n) is 8.39. The Morgan fingerprint density at radius 1 is 1.28 bits per heavy atom. The minimum absolute atomic E-state index is 0.0731. The lowest BCUT2D eigenvalue weighted by molar-refractivity contribution is 0.215. The maximum atomic E-state index is 14.5. The Labute approximate surface area is 146 Å². The lowest BCUT2D eigenvalue weighted by Gasteiger charge is -2.35. The fourth-order valence-corrected chi connectivity index (χ4v) is 3.62. The van der Waals surface area contributed by atoms with E-state index in [0.29, 0.717) is 17.9 Å². The molecule has 1 atom stereocenters. The Bertz CT molecular complexity index is 876. The maximum Gasteiger partial charge on any atom is 0.142 e. The average Bonchev–Trinajstić information content (AvgIpc) is 2.54. The van der Waals surface area contributed by atoms with E-state index in [0.717, 1.165) is 42.3 Å². The van der Waals surface area contributed by atoms with E-state index in [1.165, 1.54) is 0 Å². The van der Waals surface area contributed by atoms with Crippen LogP contribution >= 0.6 is 0 Å². The van der Waals surface area contributed by atoms with E-state index in [1.807, 2.05) is 6.07 Å². The van der Waals surface area contributed by atoms with Crippen LogP contribution in [0.15, 0.2) is 18.2 Å². The highest BCUT2D eigenvalue weighted by atomic mass is 19.1. The number of halogens is 2. The van der Waals surface area contributed by atoms with Crippen molar-refractivity contribution in [1.82, 2.24) is 4.98 Å². The summed E-state index contributed by atoms with van der Waals surface area (Å²) in [6.45, 7) is 6.50. The van der Waals surface area contributed by atoms with Crippen LogP contribution in [0.5, 0.6) is 0 Å². The van der Waals surface area contributed by atoms with Crippen molar-refractivity contribution in [3.8, 4) is 17.2 Å². The second-order valence-corrected chi connectivity index (χ2v) is 7.71. The quantitative estimate of drug-likeness (QED) is 0.822. The third kappa shape index (κ3) is 3.09. The van der Waals surface area contributed by atoms with Crippen LogP contribution in [0.4, 0.5) is 14.6 Å². The molecule has 1 aromatic carbocycles. The van der Waals surface area contributed by atoms with Crippen molar-refractivity contribution in [2.45, 2.75) is 40.0 Å². The monoisotopic (exact) mass is 341 g/mol. The van der Waals surface area contributed by atoms with Gasteiger partial charge in [0.2, 0.25) is 0 Å². The summed E-state index contributed by atoms with van der Waals surface area (Å²) < 4.78 is 28.2. The lowest BCUT2D eigenvalue weighted by Crippen LogP contribution is -2.28. The van der Waals surface area contributed by atoms with Crippen molar-refractivity contribution >= 4 is 5.82 Å². The van der Waals surface area contributed by atoms with E-state index in [4.69, 9.17) is 5.73 Å². The number of benzene rings is 1. The van der Waals surface area contributed by atoms with Gasteiger partial charge in [-0.2, -0.15) is 5.26 Å². The van der Waals surface area contributed by atoms with Gasteiger partial charge < -0.3 is 5.73 Å². The van der Waals surface area contributed by atoms with Gasteiger partial charge in [-0.05, 0) is 54.4 Å². The highest BCUT2D eigenvalue weighted by Crippen LogP contribution is 2.42. The SMILES string of the molecule is CC(C)(C)C1CCc2nc(N)c(C#N)c(-c3cc(F)ccc3F)c2C1. The molecule has 1 unspecified atom stereocenters. The molecule has 0 bridgehead atoms. The van der Waals surface area contributed by atoms with Gasteiger partial charge in [0.05, 0.1) is 0 Å². The van der Waals surface area contributed by atoms with E-state index in [9.17, 15) is 14.0 Å². The molecule has 0 spiro atoms. The number of anilines is 1. The van der Waals surface area contributed by atoms with E-state index >= 15 is 0 Å². The summed E-state index contributed by atoms with van der Waals surface area (Å²) in [6.07, 6.45) is 2.35. The van der Waals surface area contributed by atoms with Crippen molar-refractivity contribution in [1.29, 1.82) is 5.26 Å². The van der Waals surface area contributed by atoms with Crippen LogP contribution in [0.2, 0.25) is 0 Å². The molecular formula is C20H21F2N3. The van der Waals surface area contributed by atoms with E-state index in [-0.39, 0.29) is 22.4 Å². The summed E-state index contributed by atoms with van der Waals surface area (Å²) in [4.78, 5) is 4.38. The zero-order valence-electron chi connectivity index (χ0n) is 14.7. The molecule has 130 valence electrons. The summed E-state index contributed by atoms with van der Waals surface area (Å²) >= 11 is 0. The van der Waals surface area contributed by atoms with E-state index < -0.39 is 11.6 Å². The summed E-state index contributed by atoms with van der Waals surface area (Å²) in [5.74, 6) is -0.669. The number of aryl methyl sites for hydroxylation is 1. The fraction of sp³-hybridized carbons (Fsp3) is 0.400. The smallest absolute Gasteiger partial charge is 0.142 e. The first-order valence-corrected chi connectivity index (χ1v) is 8.39. The second-order valence-electron chi connectivity index (χ2n) is 7.71. The number of hydrogen-bond acceptors (Lipinski definition) is 3. The Balaban J connectivity index is 2.29. The van der Waals surface area contributed by atoms with Gasteiger partial charge in [0.1, 0.15) is 29.1 Å². The van der Waals surface area contributed by atoms with Crippen LogP contribution in [-0.4, -0.2) is 4.98 Å². The molecule has 0 fully saturated rings. The molecule has 2 N–H and O–H groups in total. The second kappa shape index (κ2) is 6.11. The van der Waals surface area contributed by atoms with Gasteiger partial charge in [0.15, 0.2) is 0 Å². The Morgan fingerprint density at radius 3 is 2.64 bits per heavy atom. The molecule has 25 heavy (non-hydrogen) atoms.